The van der Waals surface area contributed by atoms with Gasteiger partial charge in [0.2, 0.25) is 5.95 Å². The van der Waals surface area contributed by atoms with Crippen molar-refractivity contribution in [3.8, 4) is 5.95 Å². The maximum absolute atomic E-state index is 13.0. The molecule has 1 saturated heterocycles. The average Bonchev–Trinajstić information content (AvgIpc) is 3.35. The Morgan fingerprint density at radius 2 is 1.67 bits per heavy atom. The van der Waals surface area contributed by atoms with Gasteiger partial charge in [0.05, 0.1) is 11.6 Å². The number of hydrogen-bond acceptors (Lipinski definition) is 6. The number of fused-ring (bicyclic) bond motifs is 1. The Balaban J connectivity index is 1.25. The van der Waals surface area contributed by atoms with E-state index in [9.17, 15) is 9.59 Å². The standard InChI is InChI=1S/C27H28N6O3/c1-27(2)22(18-7-4-3-5-8-18)32(26(35)36-27)20-11-9-17(10-12-20)19-15-21-23(30-16-19)31-25(34)33(21)24-28-13-6-14-29-24/h3-8,13-17,20,22H,9-12H2,1-2H3,(H,30,31,34)/t17?,20?,22-/m1/s1. The minimum Gasteiger partial charge on any atom is -0.441 e. The van der Waals surface area contributed by atoms with Crippen LogP contribution in [0.1, 0.15) is 62.6 Å². The van der Waals surface area contributed by atoms with Crippen LogP contribution in [-0.4, -0.2) is 47.1 Å². The highest BCUT2D eigenvalue weighted by Crippen LogP contribution is 2.46. The van der Waals surface area contributed by atoms with E-state index in [1.54, 1.807) is 18.5 Å². The van der Waals surface area contributed by atoms with Crippen molar-refractivity contribution in [1.82, 2.24) is 29.4 Å². The molecule has 36 heavy (non-hydrogen) atoms. The van der Waals surface area contributed by atoms with Crippen molar-refractivity contribution in [3.05, 3.63) is 82.7 Å². The van der Waals surface area contributed by atoms with Crippen LogP contribution >= 0.6 is 0 Å². The monoisotopic (exact) mass is 484 g/mol. The Morgan fingerprint density at radius 1 is 0.944 bits per heavy atom. The van der Waals surface area contributed by atoms with Crippen molar-refractivity contribution in [1.29, 1.82) is 0 Å². The number of imidazole rings is 1. The van der Waals surface area contributed by atoms with Gasteiger partial charge in [0, 0.05) is 24.6 Å². The van der Waals surface area contributed by atoms with E-state index in [2.05, 4.69) is 32.1 Å². The third kappa shape index (κ3) is 3.75. The molecular weight excluding hydrogens is 456 g/mol. The Morgan fingerprint density at radius 3 is 2.39 bits per heavy atom. The van der Waals surface area contributed by atoms with Gasteiger partial charge in [-0.25, -0.2) is 29.1 Å². The van der Waals surface area contributed by atoms with Crippen molar-refractivity contribution >= 4 is 17.3 Å². The quantitative estimate of drug-likeness (QED) is 0.457. The zero-order valence-corrected chi connectivity index (χ0v) is 20.3. The number of hydrogen-bond donors (Lipinski definition) is 1. The summed E-state index contributed by atoms with van der Waals surface area (Å²) in [7, 11) is 0. The number of aromatic nitrogens is 5. The van der Waals surface area contributed by atoms with Gasteiger partial charge in [-0.2, -0.15) is 0 Å². The van der Waals surface area contributed by atoms with E-state index in [-0.39, 0.29) is 29.8 Å². The van der Waals surface area contributed by atoms with Crippen molar-refractivity contribution in [3.63, 3.8) is 0 Å². The number of nitrogens with zero attached hydrogens (tertiary/aromatic N) is 5. The average molecular weight is 485 g/mol. The fourth-order valence-corrected chi connectivity index (χ4v) is 5.85. The first-order valence-corrected chi connectivity index (χ1v) is 12.4. The second-order valence-corrected chi connectivity index (χ2v) is 10.1. The van der Waals surface area contributed by atoms with E-state index in [0.29, 0.717) is 17.1 Å². The molecule has 2 fully saturated rings. The zero-order valence-electron chi connectivity index (χ0n) is 20.3. The molecule has 1 aliphatic heterocycles. The first-order valence-electron chi connectivity index (χ1n) is 12.4. The molecule has 4 heterocycles. The molecular formula is C27H28N6O3. The summed E-state index contributed by atoms with van der Waals surface area (Å²) in [5.41, 5.74) is 2.44. The minimum absolute atomic E-state index is 0.112. The van der Waals surface area contributed by atoms with Crippen molar-refractivity contribution < 1.29 is 9.53 Å². The molecule has 1 amide bonds. The third-order valence-electron chi connectivity index (χ3n) is 7.48. The number of nitrogens with one attached hydrogen (secondary N) is 1. The fraction of sp³-hybridized carbons (Fsp3) is 0.370. The molecule has 9 heteroatoms. The molecule has 0 radical (unpaired) electrons. The molecule has 1 aliphatic carbocycles. The van der Waals surface area contributed by atoms with E-state index < -0.39 is 5.60 Å². The number of aromatic amines is 1. The normalized spacial score (nSPS) is 23.7. The topological polar surface area (TPSA) is 106 Å². The summed E-state index contributed by atoms with van der Waals surface area (Å²) in [5, 5.41) is 0. The molecule has 2 aliphatic rings. The van der Waals surface area contributed by atoms with E-state index >= 15 is 0 Å². The van der Waals surface area contributed by atoms with Crippen molar-refractivity contribution in [2.24, 2.45) is 0 Å². The maximum atomic E-state index is 13.0. The van der Waals surface area contributed by atoms with Crippen LogP contribution in [0.2, 0.25) is 0 Å². The lowest BCUT2D eigenvalue weighted by Gasteiger charge is -2.38. The lowest BCUT2D eigenvalue weighted by Crippen LogP contribution is -2.42. The molecule has 1 atom stereocenters. The molecule has 1 saturated carbocycles. The number of carbonyl (C=O) groups excluding carboxylic acids is 1. The highest BCUT2D eigenvalue weighted by molar-refractivity contribution is 5.73. The van der Waals surface area contributed by atoms with Gasteiger partial charge in [0.25, 0.3) is 0 Å². The molecule has 0 bridgehead atoms. The van der Waals surface area contributed by atoms with E-state index in [1.807, 2.05) is 49.2 Å². The number of rotatable bonds is 4. The summed E-state index contributed by atoms with van der Waals surface area (Å²) in [6, 6.07) is 13.9. The summed E-state index contributed by atoms with van der Waals surface area (Å²) >= 11 is 0. The molecule has 0 spiro atoms. The van der Waals surface area contributed by atoms with E-state index in [1.165, 1.54) is 4.57 Å². The van der Waals surface area contributed by atoms with Gasteiger partial charge in [-0.15, -0.1) is 0 Å². The van der Waals surface area contributed by atoms with Crippen molar-refractivity contribution in [2.75, 3.05) is 0 Å². The number of amides is 1. The van der Waals surface area contributed by atoms with Crippen LogP contribution in [0.3, 0.4) is 0 Å². The molecule has 0 unspecified atom stereocenters. The molecule has 4 aromatic rings. The van der Waals surface area contributed by atoms with Gasteiger partial charge in [-0.3, -0.25) is 9.88 Å². The Bertz CT molecular complexity index is 1460. The number of ether oxygens (including phenoxy) is 1. The van der Waals surface area contributed by atoms with E-state index in [4.69, 9.17) is 4.74 Å². The number of benzene rings is 1. The van der Waals surface area contributed by atoms with Crippen LogP contribution in [0.5, 0.6) is 0 Å². The van der Waals surface area contributed by atoms with Gasteiger partial charge in [0.15, 0.2) is 5.65 Å². The van der Waals surface area contributed by atoms with Crippen LogP contribution in [-0.2, 0) is 4.74 Å². The predicted octanol–water partition coefficient (Wildman–Crippen LogP) is 4.50. The second-order valence-electron chi connectivity index (χ2n) is 10.1. The minimum atomic E-state index is -0.596. The first-order chi connectivity index (χ1) is 17.4. The lowest BCUT2D eigenvalue weighted by atomic mass is 9.80. The van der Waals surface area contributed by atoms with Gasteiger partial charge in [-0.1, -0.05) is 30.3 Å². The first kappa shape index (κ1) is 22.5. The Kier molecular flexibility index (Phi) is 5.35. The summed E-state index contributed by atoms with van der Waals surface area (Å²) in [4.78, 5) is 43.3. The Labute approximate surface area is 208 Å². The van der Waals surface area contributed by atoms with Gasteiger partial charge in [0.1, 0.15) is 5.60 Å². The molecule has 6 rings (SSSR count). The molecule has 9 nitrogen and oxygen atoms in total. The number of pyridine rings is 1. The molecule has 3 aromatic heterocycles. The predicted molar refractivity (Wildman–Crippen MR) is 134 cm³/mol. The number of cyclic esters (lactones) is 1. The van der Waals surface area contributed by atoms with Gasteiger partial charge >= 0.3 is 11.8 Å². The summed E-state index contributed by atoms with van der Waals surface area (Å²) < 4.78 is 7.29. The van der Waals surface area contributed by atoms with Crippen LogP contribution in [0.25, 0.3) is 17.1 Å². The van der Waals surface area contributed by atoms with Crippen LogP contribution in [0, 0.1) is 0 Å². The van der Waals surface area contributed by atoms with Crippen LogP contribution < -0.4 is 5.69 Å². The van der Waals surface area contributed by atoms with Crippen LogP contribution in [0.15, 0.2) is 65.8 Å². The fourth-order valence-electron chi connectivity index (χ4n) is 5.85. The lowest BCUT2D eigenvalue weighted by molar-refractivity contribution is 0.0664. The van der Waals surface area contributed by atoms with Crippen molar-refractivity contribution in [2.45, 2.75) is 63.1 Å². The SMILES string of the molecule is CC1(C)OC(=O)N(C2CCC(c3cnc4[nH]c(=O)n(-c5ncccn5)c4c3)CC2)[C@@H]1c1ccccc1. The largest absolute Gasteiger partial charge is 0.441 e. The molecule has 1 N–H and O–H groups in total. The number of carbonyl (C=O) groups is 1. The van der Waals surface area contributed by atoms with Crippen LogP contribution in [0.4, 0.5) is 4.79 Å². The third-order valence-corrected chi connectivity index (χ3v) is 7.48. The second kappa shape index (κ2) is 8.58. The van der Waals surface area contributed by atoms with E-state index in [0.717, 1.165) is 36.8 Å². The summed E-state index contributed by atoms with van der Waals surface area (Å²) in [6.07, 6.45) is 8.41. The Hall–Kier alpha value is -4.01. The highest BCUT2D eigenvalue weighted by Gasteiger charge is 2.51. The summed E-state index contributed by atoms with van der Waals surface area (Å²) in [6.45, 7) is 3.98. The molecule has 1 aromatic carbocycles. The maximum Gasteiger partial charge on any atom is 0.411 e. The highest BCUT2D eigenvalue weighted by atomic mass is 16.6. The molecule has 184 valence electrons. The summed E-state index contributed by atoms with van der Waals surface area (Å²) in [5.74, 6) is 0.605. The smallest absolute Gasteiger partial charge is 0.411 e. The number of H-pyrrole nitrogens is 1. The van der Waals surface area contributed by atoms with Gasteiger partial charge < -0.3 is 4.74 Å². The van der Waals surface area contributed by atoms with Gasteiger partial charge in [-0.05, 0) is 68.7 Å². The zero-order chi connectivity index (χ0) is 24.9.